The lowest BCUT2D eigenvalue weighted by atomic mass is 9.93. The number of carbonyl (C=O) groups is 1. The van der Waals surface area contributed by atoms with Gasteiger partial charge in [-0.1, -0.05) is 17.3 Å². The van der Waals surface area contributed by atoms with Gasteiger partial charge in [-0.15, -0.1) is 0 Å². The highest BCUT2D eigenvalue weighted by Gasteiger charge is 2.52. The number of aryl methyl sites for hydroxylation is 2. The van der Waals surface area contributed by atoms with Crippen LogP contribution in [0, 0.1) is 13.8 Å². The molecular weight excluding hydrogens is 386 g/mol. The Hall–Kier alpha value is -3.21. The average Bonchev–Trinajstić information content (AvgIpc) is 3.66. The van der Waals surface area contributed by atoms with Gasteiger partial charge >= 0.3 is 0 Å². The summed E-state index contributed by atoms with van der Waals surface area (Å²) in [6.45, 7) is 3.92. The van der Waals surface area contributed by atoms with E-state index in [9.17, 15) is 4.79 Å². The van der Waals surface area contributed by atoms with E-state index in [4.69, 9.17) is 9.51 Å². The molecule has 2 fully saturated rings. The van der Waals surface area contributed by atoms with E-state index < -0.39 is 0 Å². The van der Waals surface area contributed by atoms with Crippen molar-refractivity contribution in [2.45, 2.75) is 57.3 Å². The Balaban J connectivity index is 1.47. The van der Waals surface area contributed by atoms with Crippen LogP contribution in [-0.4, -0.2) is 20.9 Å². The number of Topliss-reactive ketones (excluding diaryl/α,β-unsaturated/α-hetero) is 1. The minimum Gasteiger partial charge on any atom is -0.361 e. The smallest absolute Gasteiger partial charge is 0.164 e. The average molecular weight is 409 g/mol. The predicted octanol–water partition coefficient (Wildman–Crippen LogP) is 6.00. The zero-order valence-electron chi connectivity index (χ0n) is 17.7. The molecule has 2 saturated carbocycles. The van der Waals surface area contributed by atoms with Gasteiger partial charge in [0.05, 0.1) is 16.7 Å². The molecule has 2 aromatic heterocycles. The second-order valence-corrected chi connectivity index (χ2v) is 9.66. The van der Waals surface area contributed by atoms with E-state index in [-0.39, 0.29) is 11.2 Å². The molecule has 0 atom stereocenters. The molecule has 1 spiro atoms. The number of nitrogens with zero attached hydrogens (tertiary/aromatic N) is 2. The number of fused-ring (bicyclic) bond motifs is 3. The van der Waals surface area contributed by atoms with Crippen LogP contribution in [0.2, 0.25) is 0 Å². The molecular formula is C26H23N3O2. The van der Waals surface area contributed by atoms with Crippen LogP contribution in [0.4, 0.5) is 0 Å². The molecule has 3 aliphatic rings. The van der Waals surface area contributed by atoms with Crippen LogP contribution >= 0.6 is 0 Å². The molecule has 5 nitrogen and oxygen atoms in total. The second-order valence-electron chi connectivity index (χ2n) is 9.66. The SMILES string of the molecule is Cc1noc(C)c1-c1cc(-c2ccc3c(c2)C(=O)CC32CC2)c2nc(C3CC3)[nH]c2c1. The fourth-order valence-corrected chi connectivity index (χ4v) is 5.45. The third-order valence-electron chi connectivity index (χ3n) is 7.45. The van der Waals surface area contributed by atoms with Crippen molar-refractivity contribution in [3.8, 4) is 22.3 Å². The van der Waals surface area contributed by atoms with Gasteiger partial charge in [0.2, 0.25) is 0 Å². The van der Waals surface area contributed by atoms with Crippen LogP contribution in [0.15, 0.2) is 34.9 Å². The number of benzene rings is 2. The normalized spacial score (nSPS) is 18.8. The van der Waals surface area contributed by atoms with E-state index in [1.54, 1.807) is 0 Å². The van der Waals surface area contributed by atoms with Gasteiger partial charge in [0.25, 0.3) is 0 Å². The van der Waals surface area contributed by atoms with Gasteiger partial charge < -0.3 is 9.51 Å². The summed E-state index contributed by atoms with van der Waals surface area (Å²) in [5, 5.41) is 4.15. The molecule has 0 radical (unpaired) electrons. The molecule has 1 N–H and O–H groups in total. The van der Waals surface area contributed by atoms with E-state index in [0.29, 0.717) is 12.3 Å². The van der Waals surface area contributed by atoms with Crippen molar-refractivity contribution in [3.63, 3.8) is 0 Å². The van der Waals surface area contributed by atoms with Gasteiger partial charge in [0.1, 0.15) is 11.6 Å². The Bertz CT molecular complexity index is 1400. The minimum atomic E-state index is 0.143. The lowest BCUT2D eigenvalue weighted by Crippen LogP contribution is -1.99. The van der Waals surface area contributed by atoms with Crippen molar-refractivity contribution in [2.24, 2.45) is 0 Å². The first-order chi connectivity index (χ1) is 15.0. The van der Waals surface area contributed by atoms with Crippen molar-refractivity contribution < 1.29 is 9.32 Å². The van der Waals surface area contributed by atoms with Gasteiger partial charge in [-0.25, -0.2) is 4.98 Å². The van der Waals surface area contributed by atoms with Gasteiger partial charge in [-0.05, 0) is 74.4 Å². The summed E-state index contributed by atoms with van der Waals surface area (Å²) in [5.74, 6) is 2.71. The lowest BCUT2D eigenvalue weighted by Gasteiger charge is -2.11. The van der Waals surface area contributed by atoms with Crippen molar-refractivity contribution >= 4 is 16.8 Å². The molecule has 2 aromatic carbocycles. The van der Waals surface area contributed by atoms with Gasteiger partial charge in [-0.2, -0.15) is 0 Å². The first-order valence-corrected chi connectivity index (χ1v) is 11.2. The Labute approximate surface area is 179 Å². The first-order valence-electron chi connectivity index (χ1n) is 11.2. The number of hydrogen-bond acceptors (Lipinski definition) is 4. The number of rotatable bonds is 3. The summed E-state index contributed by atoms with van der Waals surface area (Å²) in [6.07, 6.45) is 5.35. The monoisotopic (exact) mass is 409 g/mol. The molecule has 154 valence electrons. The molecule has 0 amide bonds. The highest BCUT2D eigenvalue weighted by molar-refractivity contribution is 6.05. The van der Waals surface area contributed by atoms with Crippen molar-refractivity contribution in [1.29, 1.82) is 0 Å². The van der Waals surface area contributed by atoms with E-state index in [0.717, 1.165) is 69.0 Å². The molecule has 0 saturated heterocycles. The van der Waals surface area contributed by atoms with E-state index in [1.807, 2.05) is 13.8 Å². The topological polar surface area (TPSA) is 71.8 Å². The number of imidazole rings is 1. The second kappa shape index (κ2) is 5.72. The quantitative estimate of drug-likeness (QED) is 0.451. The minimum absolute atomic E-state index is 0.143. The highest BCUT2D eigenvalue weighted by Crippen LogP contribution is 2.57. The summed E-state index contributed by atoms with van der Waals surface area (Å²) in [5.41, 5.74) is 9.39. The van der Waals surface area contributed by atoms with Crippen molar-refractivity contribution in [2.75, 3.05) is 0 Å². The largest absolute Gasteiger partial charge is 0.361 e. The van der Waals surface area contributed by atoms with E-state index in [1.165, 1.54) is 18.4 Å². The zero-order chi connectivity index (χ0) is 20.9. The maximum absolute atomic E-state index is 12.8. The summed E-state index contributed by atoms with van der Waals surface area (Å²) < 4.78 is 5.44. The van der Waals surface area contributed by atoms with Crippen LogP contribution < -0.4 is 0 Å². The Morgan fingerprint density at radius 2 is 1.87 bits per heavy atom. The number of H-pyrrole nitrogens is 1. The summed E-state index contributed by atoms with van der Waals surface area (Å²) in [6, 6.07) is 10.8. The van der Waals surface area contributed by atoms with Crippen LogP contribution in [0.25, 0.3) is 33.3 Å². The fraction of sp³-hybridized carbons (Fsp3) is 0.346. The van der Waals surface area contributed by atoms with Crippen LogP contribution in [0.1, 0.15) is 71.2 Å². The number of carbonyl (C=O) groups excluding carboxylic acids is 1. The predicted molar refractivity (Wildman–Crippen MR) is 118 cm³/mol. The van der Waals surface area contributed by atoms with Crippen LogP contribution in [-0.2, 0) is 5.41 Å². The standard InChI is InChI=1S/C26H23N3O2/c1-13-23(14(2)31-29-13)17-10-18(24-21(11-17)27-25(28-24)15-3-4-15)16-5-6-20-19(9-16)22(30)12-26(20)7-8-26/h5-6,9-11,15H,3-4,7-8,12H2,1-2H3,(H,27,28). The van der Waals surface area contributed by atoms with Crippen molar-refractivity contribution in [3.05, 3.63) is 58.7 Å². The van der Waals surface area contributed by atoms with Crippen molar-refractivity contribution in [1.82, 2.24) is 15.1 Å². The fourth-order valence-electron chi connectivity index (χ4n) is 5.45. The Morgan fingerprint density at radius 3 is 2.58 bits per heavy atom. The maximum Gasteiger partial charge on any atom is 0.164 e. The number of aromatic nitrogens is 3. The molecule has 3 aliphatic carbocycles. The van der Waals surface area contributed by atoms with Gasteiger partial charge in [-0.3, -0.25) is 4.79 Å². The van der Waals surface area contributed by atoms with Gasteiger partial charge in [0, 0.05) is 34.4 Å². The molecule has 2 heterocycles. The molecule has 5 heteroatoms. The van der Waals surface area contributed by atoms with Crippen LogP contribution in [0.5, 0.6) is 0 Å². The first kappa shape index (κ1) is 17.5. The third-order valence-corrected chi connectivity index (χ3v) is 7.45. The zero-order valence-corrected chi connectivity index (χ0v) is 17.7. The molecule has 7 rings (SSSR count). The number of ketones is 1. The van der Waals surface area contributed by atoms with E-state index >= 15 is 0 Å². The number of aromatic amines is 1. The number of hydrogen-bond donors (Lipinski definition) is 1. The van der Waals surface area contributed by atoms with Gasteiger partial charge in [0.15, 0.2) is 5.78 Å². The molecule has 0 bridgehead atoms. The highest BCUT2D eigenvalue weighted by atomic mass is 16.5. The summed E-state index contributed by atoms with van der Waals surface area (Å²) in [7, 11) is 0. The van der Waals surface area contributed by atoms with E-state index in [2.05, 4.69) is 40.5 Å². The molecule has 0 unspecified atom stereocenters. The van der Waals surface area contributed by atoms with Crippen LogP contribution in [0.3, 0.4) is 0 Å². The summed E-state index contributed by atoms with van der Waals surface area (Å²) >= 11 is 0. The molecule has 4 aromatic rings. The Kier molecular flexibility index (Phi) is 3.23. The third kappa shape index (κ3) is 2.46. The molecule has 0 aliphatic heterocycles. The maximum atomic E-state index is 12.8. The Morgan fingerprint density at radius 1 is 1.06 bits per heavy atom. The summed E-state index contributed by atoms with van der Waals surface area (Å²) in [4.78, 5) is 21.3. The lowest BCUT2D eigenvalue weighted by molar-refractivity contribution is 0.0986. The number of nitrogens with one attached hydrogen (secondary N) is 1. The molecule has 31 heavy (non-hydrogen) atoms.